The average molecular weight is 1130 g/mol. The van der Waals surface area contributed by atoms with Crippen LogP contribution >= 0.6 is 7.82 Å². The Bertz CT molecular complexity index is 1540. The molecule has 462 valence electrons. The second-order valence-electron chi connectivity index (χ2n) is 24.0. The molecule has 0 fully saturated rings. The maximum absolute atomic E-state index is 13.5. The van der Waals surface area contributed by atoms with Gasteiger partial charge in [-0.15, -0.1) is 0 Å². The largest absolute Gasteiger partial charge is 0.756 e. The van der Waals surface area contributed by atoms with Crippen molar-refractivity contribution in [2.75, 3.05) is 40.9 Å². The fourth-order valence-corrected chi connectivity index (χ4v) is 10.5. The number of rotatable bonds is 61. The summed E-state index contributed by atoms with van der Waals surface area (Å²) < 4.78 is 30.4. The molecule has 0 bridgehead atoms. The molecular formula is C69H129N2O7P. The molecule has 0 saturated carbocycles. The minimum absolute atomic E-state index is 0.0228. The fraction of sp³-hybridized carbons (Fsp3) is 0.826. The van der Waals surface area contributed by atoms with Crippen molar-refractivity contribution in [2.45, 2.75) is 328 Å². The van der Waals surface area contributed by atoms with Crippen LogP contribution in [-0.2, 0) is 27.9 Å². The van der Waals surface area contributed by atoms with E-state index in [1.165, 1.54) is 193 Å². The number of esters is 1. The first kappa shape index (κ1) is 76.7. The van der Waals surface area contributed by atoms with E-state index in [1.54, 1.807) is 0 Å². The van der Waals surface area contributed by atoms with E-state index in [0.29, 0.717) is 17.4 Å². The fourth-order valence-electron chi connectivity index (χ4n) is 9.74. The monoisotopic (exact) mass is 1130 g/mol. The molecule has 1 amide bonds. The Kier molecular flexibility index (Phi) is 57.2. The van der Waals surface area contributed by atoms with Crippen molar-refractivity contribution in [1.29, 1.82) is 0 Å². The van der Waals surface area contributed by atoms with Crippen LogP contribution in [0.4, 0.5) is 0 Å². The predicted octanol–water partition coefficient (Wildman–Crippen LogP) is 20.4. The maximum Gasteiger partial charge on any atom is 0.306 e. The van der Waals surface area contributed by atoms with Crippen molar-refractivity contribution in [1.82, 2.24) is 5.32 Å². The van der Waals surface area contributed by atoms with Gasteiger partial charge < -0.3 is 28.5 Å². The lowest BCUT2D eigenvalue weighted by molar-refractivity contribution is -0.870. The van der Waals surface area contributed by atoms with Gasteiger partial charge in [-0.3, -0.25) is 14.2 Å². The van der Waals surface area contributed by atoms with E-state index < -0.39 is 20.0 Å². The normalized spacial score (nSPS) is 14.0. The third kappa shape index (κ3) is 60.1. The molecule has 3 unspecified atom stereocenters. The highest BCUT2D eigenvalue weighted by Crippen LogP contribution is 2.38. The van der Waals surface area contributed by atoms with E-state index in [-0.39, 0.29) is 31.5 Å². The first-order valence-electron chi connectivity index (χ1n) is 33.6. The van der Waals surface area contributed by atoms with Crippen molar-refractivity contribution in [3.8, 4) is 0 Å². The smallest absolute Gasteiger partial charge is 0.306 e. The summed E-state index contributed by atoms with van der Waals surface area (Å²) in [4.78, 5) is 40.1. The Morgan fingerprint density at radius 1 is 0.443 bits per heavy atom. The van der Waals surface area contributed by atoms with E-state index >= 15 is 0 Å². The zero-order valence-corrected chi connectivity index (χ0v) is 53.7. The van der Waals surface area contributed by atoms with Crippen molar-refractivity contribution in [3.05, 3.63) is 60.8 Å². The van der Waals surface area contributed by atoms with E-state index in [2.05, 4.69) is 74.7 Å². The first-order chi connectivity index (χ1) is 38.4. The van der Waals surface area contributed by atoms with Gasteiger partial charge in [-0.2, -0.15) is 0 Å². The Labute approximate surface area is 490 Å². The summed E-state index contributed by atoms with van der Waals surface area (Å²) in [6, 6.07) is -0.890. The molecule has 79 heavy (non-hydrogen) atoms. The van der Waals surface area contributed by atoms with Crippen LogP contribution in [0, 0.1) is 0 Å². The van der Waals surface area contributed by atoms with Crippen molar-refractivity contribution < 1.29 is 37.3 Å². The molecule has 9 nitrogen and oxygen atoms in total. The molecule has 0 aromatic carbocycles. The lowest BCUT2D eigenvalue weighted by Gasteiger charge is -2.30. The van der Waals surface area contributed by atoms with Gasteiger partial charge in [0.05, 0.1) is 33.8 Å². The summed E-state index contributed by atoms with van der Waals surface area (Å²) in [5.74, 6) is -0.536. The molecule has 0 heterocycles. The van der Waals surface area contributed by atoms with E-state index in [9.17, 15) is 19.0 Å². The summed E-state index contributed by atoms with van der Waals surface area (Å²) in [6.45, 7) is 6.84. The molecule has 0 aromatic heterocycles. The molecule has 0 aliphatic heterocycles. The van der Waals surface area contributed by atoms with Crippen molar-refractivity contribution in [3.63, 3.8) is 0 Å². The average Bonchev–Trinajstić information content (AvgIpc) is 3.41. The maximum atomic E-state index is 13.5. The van der Waals surface area contributed by atoms with Crippen LogP contribution in [0.25, 0.3) is 0 Å². The number of allylic oxidation sites excluding steroid dienone is 9. The SMILES string of the molecule is CCCCC/C=C\C/C=C\C/C=C\C/C=C\CCCCCCCCCCCC(=O)OC(/C=C/CCCCCCCCCCCC)C(COP(=O)([O-])OCC[N+](C)(C)C)NC(=O)CCCCCCCCCCCCCCCCCC. The van der Waals surface area contributed by atoms with Gasteiger partial charge in [0.15, 0.2) is 0 Å². The molecule has 0 aromatic rings. The van der Waals surface area contributed by atoms with E-state index in [4.69, 9.17) is 13.8 Å². The van der Waals surface area contributed by atoms with Gasteiger partial charge in [0.25, 0.3) is 7.82 Å². The zero-order chi connectivity index (χ0) is 57.9. The third-order valence-electron chi connectivity index (χ3n) is 15.0. The Balaban J connectivity index is 5.12. The Morgan fingerprint density at radius 3 is 1.18 bits per heavy atom. The van der Waals surface area contributed by atoms with Crippen LogP contribution < -0.4 is 10.2 Å². The second kappa shape index (κ2) is 58.9. The number of hydrogen-bond donors (Lipinski definition) is 1. The number of nitrogens with zero attached hydrogens (tertiary/aromatic N) is 1. The highest BCUT2D eigenvalue weighted by atomic mass is 31.2. The topological polar surface area (TPSA) is 114 Å². The first-order valence-corrected chi connectivity index (χ1v) is 35.1. The summed E-state index contributed by atoms with van der Waals surface area (Å²) >= 11 is 0. The van der Waals surface area contributed by atoms with E-state index in [1.807, 2.05) is 33.3 Å². The van der Waals surface area contributed by atoms with Crippen LogP contribution in [0.1, 0.15) is 316 Å². The third-order valence-corrected chi connectivity index (χ3v) is 15.9. The molecule has 0 radical (unpaired) electrons. The molecular weight excluding hydrogens is 1000 g/mol. The van der Waals surface area contributed by atoms with Crippen molar-refractivity contribution in [2.24, 2.45) is 0 Å². The molecule has 0 saturated heterocycles. The number of carbonyl (C=O) groups excluding carboxylic acids is 2. The van der Waals surface area contributed by atoms with Crippen LogP contribution in [0.15, 0.2) is 60.8 Å². The highest BCUT2D eigenvalue weighted by Gasteiger charge is 2.27. The molecule has 10 heteroatoms. The number of unbranched alkanes of at least 4 members (excludes halogenated alkanes) is 37. The van der Waals surface area contributed by atoms with Crippen LogP contribution in [0.3, 0.4) is 0 Å². The minimum atomic E-state index is -4.70. The number of ether oxygens (including phenoxy) is 1. The minimum Gasteiger partial charge on any atom is -0.756 e. The number of nitrogens with one attached hydrogen (secondary N) is 1. The molecule has 0 aliphatic rings. The van der Waals surface area contributed by atoms with E-state index in [0.717, 1.165) is 89.9 Å². The van der Waals surface area contributed by atoms with Gasteiger partial charge in [-0.05, 0) is 76.7 Å². The number of amides is 1. The number of phosphoric acid groups is 1. The summed E-state index contributed by atoms with van der Waals surface area (Å²) in [5.41, 5.74) is 0. The van der Waals surface area contributed by atoms with Crippen LogP contribution in [0.5, 0.6) is 0 Å². The van der Waals surface area contributed by atoms with Gasteiger partial charge in [0.2, 0.25) is 5.91 Å². The summed E-state index contributed by atoms with van der Waals surface area (Å²) in [5, 5.41) is 3.04. The molecule has 3 atom stereocenters. The number of likely N-dealkylation sites (N-methyl/N-ethyl adjacent to an activating group) is 1. The van der Waals surface area contributed by atoms with Crippen molar-refractivity contribution >= 4 is 19.7 Å². The second-order valence-corrected chi connectivity index (χ2v) is 25.4. The van der Waals surface area contributed by atoms with Crippen LogP contribution in [0.2, 0.25) is 0 Å². The van der Waals surface area contributed by atoms with Gasteiger partial charge >= 0.3 is 5.97 Å². The predicted molar refractivity (Wildman–Crippen MR) is 339 cm³/mol. The molecule has 1 N–H and O–H groups in total. The molecule has 0 rings (SSSR count). The van der Waals surface area contributed by atoms with Gasteiger partial charge in [0.1, 0.15) is 19.3 Å². The number of phosphoric ester groups is 1. The lowest BCUT2D eigenvalue weighted by Crippen LogP contribution is -2.47. The lowest BCUT2D eigenvalue weighted by atomic mass is 10.0. The Morgan fingerprint density at radius 2 is 0.772 bits per heavy atom. The molecule has 0 aliphatic carbocycles. The van der Waals surface area contributed by atoms with Gasteiger partial charge in [0, 0.05) is 12.8 Å². The zero-order valence-electron chi connectivity index (χ0n) is 52.8. The molecule has 0 spiro atoms. The van der Waals surface area contributed by atoms with Gasteiger partial charge in [-0.1, -0.05) is 287 Å². The van der Waals surface area contributed by atoms with Gasteiger partial charge in [-0.25, -0.2) is 0 Å². The highest BCUT2D eigenvalue weighted by molar-refractivity contribution is 7.45. The number of quaternary nitrogens is 1. The number of carbonyl (C=O) groups is 2. The summed E-state index contributed by atoms with van der Waals surface area (Å²) in [6.07, 6.45) is 74.7. The Hall–Kier alpha value is -2.29. The quantitative estimate of drug-likeness (QED) is 0.0212. The summed E-state index contributed by atoms with van der Waals surface area (Å²) in [7, 11) is 1.19. The standard InChI is InChI=1S/C69H129N2O7P/c1-7-10-13-16-19-22-25-28-30-32-33-34-35-36-37-38-39-40-42-44-47-50-53-56-59-62-69(73)78-67(60-57-54-51-48-45-27-24-21-18-15-12-9-3)66(65-77-79(74,75)76-64-63-71(4,5)6)70-68(72)61-58-55-52-49-46-43-41-31-29-26-23-20-17-14-11-8-2/h19,22,28,30,33-34,36-37,57,60,66-67H,7-18,20-21,23-27,29,31-32,35,38-56,58-59,61-65H2,1-6H3,(H-,70,72,74,75)/b22-19-,30-28-,34-33-,37-36-,60-57+. The van der Waals surface area contributed by atoms with Crippen LogP contribution in [-0.4, -0.2) is 69.4 Å². The number of hydrogen-bond acceptors (Lipinski definition) is 7.